The molecule has 0 aliphatic heterocycles. The maximum absolute atomic E-state index is 9.55. The van der Waals surface area contributed by atoms with Gasteiger partial charge in [0.05, 0.1) is 54.2 Å². The van der Waals surface area contributed by atoms with Crippen molar-refractivity contribution in [2.75, 3.05) is 0 Å². The number of fused-ring (bicyclic) bond motifs is 9. The lowest BCUT2D eigenvalue weighted by atomic mass is 9.93. The first-order valence-electron chi connectivity index (χ1n) is 28.0. The number of hydrogen-bond donors (Lipinski definition) is 0. The second-order valence-electron chi connectivity index (χ2n) is 15.4. The Kier molecular flexibility index (Phi) is 5.27. The number of benzene rings is 10. The molecule has 0 fully saturated rings. The smallest absolute Gasteiger partial charge is 0.0652 e. The topological polar surface area (TPSA) is 14.8 Å². The monoisotopic (exact) mass is 816 g/mol. The van der Waals surface area contributed by atoms with Gasteiger partial charge < -0.3 is 13.7 Å². The molecule has 13 rings (SSSR count). The van der Waals surface area contributed by atoms with E-state index in [0.717, 1.165) is 0 Å². The SMILES string of the molecule is [2H]c1c([2H])c([2H])c2c(c1[2H])c([2H])c(-c1ccccc1)n2-c1ccc2c(c1)c1ccc(-n3c(-c4ccccc4)c([2H])c4c([2H])c([2H])c([2H])c([2H])c43)cc1c1ccc(-n3c(-c4ccccc4)c([2H])c4c([2H])c([2H])c([2H])c([2H])c43)cc21. The fourth-order valence-corrected chi connectivity index (χ4v) is 9.10. The number of para-hydroxylation sites is 3. The highest BCUT2D eigenvalue weighted by molar-refractivity contribution is 6.26. The first-order valence-corrected chi connectivity index (χ1v) is 20.5. The summed E-state index contributed by atoms with van der Waals surface area (Å²) in [5.74, 6) is 0. The quantitative estimate of drug-likeness (QED) is 0.149. The minimum absolute atomic E-state index is 0.0532. The summed E-state index contributed by atoms with van der Waals surface area (Å²) in [6.45, 7) is 0. The molecule has 63 heavy (non-hydrogen) atoms. The number of rotatable bonds is 6. The van der Waals surface area contributed by atoms with Crippen LogP contribution in [0.5, 0.6) is 0 Å². The highest BCUT2D eigenvalue weighted by Crippen LogP contribution is 2.42. The Morgan fingerprint density at radius 3 is 0.873 bits per heavy atom. The molecule has 0 saturated heterocycles. The van der Waals surface area contributed by atoms with Crippen molar-refractivity contribution in [1.29, 1.82) is 0 Å². The molecule has 0 bridgehead atoms. The van der Waals surface area contributed by atoms with E-state index < -0.39 is 36.3 Å². The zero-order chi connectivity index (χ0) is 54.5. The first kappa shape index (κ1) is 23.6. The minimum Gasteiger partial charge on any atom is -0.309 e. The van der Waals surface area contributed by atoms with Gasteiger partial charge in [-0.25, -0.2) is 0 Å². The van der Waals surface area contributed by atoms with Gasteiger partial charge in [0.15, 0.2) is 0 Å². The molecule has 13 aromatic rings. The van der Waals surface area contributed by atoms with Gasteiger partial charge in [-0.1, -0.05) is 164 Å². The summed E-state index contributed by atoms with van der Waals surface area (Å²) in [7, 11) is 0. The van der Waals surface area contributed by atoms with Crippen molar-refractivity contribution >= 4 is 65.0 Å². The summed E-state index contributed by atoms with van der Waals surface area (Å²) in [5, 5.41) is 4.30. The van der Waals surface area contributed by atoms with Crippen molar-refractivity contribution in [2.24, 2.45) is 0 Å². The summed E-state index contributed by atoms with van der Waals surface area (Å²) < 4.78 is 141. The van der Waals surface area contributed by atoms with Crippen LogP contribution in [-0.4, -0.2) is 13.7 Å². The van der Waals surface area contributed by atoms with Crippen LogP contribution < -0.4 is 0 Å². The molecule has 3 heteroatoms. The van der Waals surface area contributed by atoms with Crippen LogP contribution in [-0.2, 0) is 0 Å². The first-order chi connectivity index (χ1) is 37.5. The Hall–Kier alpha value is -8.40. The molecule has 0 saturated carbocycles. The van der Waals surface area contributed by atoms with E-state index in [1.54, 1.807) is 13.7 Å². The third-order valence-electron chi connectivity index (χ3n) is 11.9. The number of nitrogens with zero attached hydrogens (tertiary/aromatic N) is 3. The third kappa shape index (κ3) is 5.60. The van der Waals surface area contributed by atoms with Crippen LogP contribution >= 0.6 is 0 Å². The van der Waals surface area contributed by atoms with Gasteiger partial charge in [-0.2, -0.15) is 0 Å². The second kappa shape index (κ2) is 14.1. The summed E-state index contributed by atoms with van der Waals surface area (Å²) >= 11 is 0. The molecule has 0 unspecified atom stereocenters. The van der Waals surface area contributed by atoms with Gasteiger partial charge in [0.1, 0.15) is 0 Å². The van der Waals surface area contributed by atoms with E-state index in [1.165, 1.54) is 0 Å². The third-order valence-corrected chi connectivity index (χ3v) is 11.9. The van der Waals surface area contributed by atoms with Gasteiger partial charge in [-0.3, -0.25) is 0 Å². The molecule has 0 radical (unpaired) electrons. The fourth-order valence-electron chi connectivity index (χ4n) is 9.10. The van der Waals surface area contributed by atoms with Gasteiger partial charge in [-0.05, 0) is 122 Å². The highest BCUT2D eigenvalue weighted by atomic mass is 15.0. The molecule has 0 N–H and O–H groups in total. The Bertz CT molecular complexity index is 4270. The van der Waals surface area contributed by atoms with Crippen LogP contribution in [0, 0.1) is 0 Å². The maximum atomic E-state index is 9.55. The Morgan fingerprint density at radius 1 is 0.286 bits per heavy atom. The summed E-state index contributed by atoms with van der Waals surface area (Å²) in [5.41, 5.74) is 4.64. The van der Waals surface area contributed by atoms with Crippen molar-refractivity contribution in [1.82, 2.24) is 13.7 Å². The number of hydrogen-bond acceptors (Lipinski definition) is 0. The second-order valence-corrected chi connectivity index (χ2v) is 15.4. The molecule has 10 aromatic carbocycles. The van der Waals surface area contributed by atoms with E-state index in [0.29, 0.717) is 83.2 Å². The van der Waals surface area contributed by atoms with Gasteiger partial charge in [0.2, 0.25) is 0 Å². The summed E-state index contributed by atoms with van der Waals surface area (Å²) in [6.07, 6.45) is 0. The molecule has 3 heterocycles. The lowest BCUT2D eigenvalue weighted by Crippen LogP contribution is -1.99. The molecular formula is C60H39N3. The van der Waals surface area contributed by atoms with Gasteiger partial charge >= 0.3 is 0 Å². The van der Waals surface area contributed by atoms with Crippen LogP contribution in [0.15, 0.2) is 236 Å². The Balaban J connectivity index is 1.19. The molecule has 0 aliphatic carbocycles. The van der Waals surface area contributed by atoms with Gasteiger partial charge in [-0.15, -0.1) is 0 Å². The summed E-state index contributed by atoms with van der Waals surface area (Å²) in [4.78, 5) is 0. The van der Waals surface area contributed by atoms with E-state index >= 15 is 0 Å². The van der Waals surface area contributed by atoms with E-state index in [2.05, 4.69) is 0 Å². The van der Waals surface area contributed by atoms with Crippen LogP contribution in [0.1, 0.15) is 20.6 Å². The Labute approximate surface area is 385 Å². The molecule has 0 amide bonds. The van der Waals surface area contributed by atoms with Crippen LogP contribution in [0.3, 0.4) is 0 Å². The van der Waals surface area contributed by atoms with E-state index in [-0.39, 0.29) is 87.1 Å². The van der Waals surface area contributed by atoms with Crippen LogP contribution in [0.2, 0.25) is 0 Å². The largest absolute Gasteiger partial charge is 0.309 e. The maximum Gasteiger partial charge on any atom is 0.0652 e. The number of aromatic nitrogens is 3. The van der Waals surface area contributed by atoms with Gasteiger partial charge in [0.25, 0.3) is 0 Å². The molecule has 3 nitrogen and oxygen atoms in total. The van der Waals surface area contributed by atoms with E-state index in [4.69, 9.17) is 12.3 Å². The molecule has 3 aromatic heterocycles. The van der Waals surface area contributed by atoms with E-state index in [1.807, 2.05) is 146 Å². The average Bonchev–Trinajstić information content (AvgIpc) is 4.04. The zero-order valence-corrected chi connectivity index (χ0v) is 33.2. The lowest BCUT2D eigenvalue weighted by molar-refractivity contribution is 1.14. The van der Waals surface area contributed by atoms with Crippen molar-refractivity contribution in [3.8, 4) is 50.8 Å². The van der Waals surface area contributed by atoms with Crippen molar-refractivity contribution < 1.29 is 20.6 Å². The Morgan fingerprint density at radius 2 is 0.571 bits per heavy atom. The lowest BCUT2D eigenvalue weighted by Gasteiger charge is -2.18. The highest BCUT2D eigenvalue weighted by Gasteiger charge is 2.19. The van der Waals surface area contributed by atoms with Crippen molar-refractivity contribution in [3.63, 3.8) is 0 Å². The molecular weight excluding hydrogens is 763 g/mol. The standard InChI is InChI=1S/C60H39N3/c1-4-16-40(17-5-1)58-34-43-22-10-13-25-55(43)61(58)46-28-31-49-52(37-46)50-32-29-47(62-56-26-14-11-23-44(56)35-59(62)41-18-6-2-7-19-41)39-54(50)51-33-30-48(38-53(49)51)63-57-27-15-12-24-45(57)36-60(63)42-20-8-3-9-21-42/h1-39H/i10D,11D,12D,13D,14D,15D,22D,23D,24D,25D,26D,27D,34D,35D,36D. The molecule has 0 aliphatic rings. The molecule has 0 spiro atoms. The van der Waals surface area contributed by atoms with Crippen LogP contribution in [0.25, 0.3) is 116 Å². The zero-order valence-electron chi connectivity index (χ0n) is 48.2. The predicted octanol–water partition coefficient (Wildman–Crippen LogP) is 16.0. The predicted molar refractivity (Wildman–Crippen MR) is 266 cm³/mol. The summed E-state index contributed by atoms with van der Waals surface area (Å²) in [6, 6.07) is 39.3. The average molecular weight is 817 g/mol. The fraction of sp³-hybridized carbons (Fsp3) is 0. The molecule has 294 valence electrons. The van der Waals surface area contributed by atoms with E-state index in [9.17, 15) is 8.22 Å². The van der Waals surface area contributed by atoms with Crippen LogP contribution in [0.4, 0.5) is 0 Å². The molecule has 0 atom stereocenters. The van der Waals surface area contributed by atoms with Crippen molar-refractivity contribution in [2.45, 2.75) is 0 Å². The normalized spacial score (nSPS) is 15.1. The minimum atomic E-state index is -0.460. The van der Waals surface area contributed by atoms with Crippen molar-refractivity contribution in [3.05, 3.63) is 236 Å². The van der Waals surface area contributed by atoms with Gasteiger partial charge in [0, 0.05) is 33.2 Å².